The van der Waals surface area contributed by atoms with E-state index < -0.39 is 0 Å². The van der Waals surface area contributed by atoms with Gasteiger partial charge in [0.25, 0.3) is 0 Å². The zero-order valence-corrected chi connectivity index (χ0v) is 11.4. The van der Waals surface area contributed by atoms with Gasteiger partial charge in [-0.25, -0.2) is 4.98 Å². The average molecular weight is 264 g/mol. The van der Waals surface area contributed by atoms with E-state index in [0.717, 1.165) is 17.2 Å². The molecule has 5 heteroatoms. The van der Waals surface area contributed by atoms with Crippen molar-refractivity contribution in [3.05, 3.63) is 24.3 Å². The minimum absolute atomic E-state index is 0.186. The van der Waals surface area contributed by atoms with Crippen molar-refractivity contribution in [3.63, 3.8) is 0 Å². The number of ether oxygens (including phenoxy) is 1. The molecule has 2 rings (SSSR count). The number of anilines is 1. The molecule has 0 radical (unpaired) electrons. The highest BCUT2D eigenvalue weighted by molar-refractivity contribution is 7.22. The van der Waals surface area contributed by atoms with E-state index in [0.29, 0.717) is 13.0 Å². The lowest BCUT2D eigenvalue weighted by Crippen LogP contribution is -2.25. The number of rotatable bonds is 5. The molecular formula is C13H16N2O2S. The molecule has 96 valence electrons. The van der Waals surface area contributed by atoms with Crippen molar-refractivity contribution in [2.45, 2.75) is 13.3 Å². The Balaban J connectivity index is 2.14. The minimum atomic E-state index is -0.186. The summed E-state index contributed by atoms with van der Waals surface area (Å²) in [6, 6.07) is 8.06. The van der Waals surface area contributed by atoms with E-state index in [1.165, 1.54) is 11.8 Å². The van der Waals surface area contributed by atoms with Gasteiger partial charge in [0.05, 0.1) is 23.7 Å². The van der Waals surface area contributed by atoms with Crippen molar-refractivity contribution in [2.24, 2.45) is 0 Å². The Bertz CT molecular complexity index is 506. The zero-order valence-electron chi connectivity index (χ0n) is 10.5. The smallest absolute Gasteiger partial charge is 0.307 e. The monoisotopic (exact) mass is 264 g/mol. The summed E-state index contributed by atoms with van der Waals surface area (Å²) in [6.45, 7) is 3.53. The second kappa shape index (κ2) is 5.82. The molecule has 0 saturated heterocycles. The number of fused-ring (bicyclic) bond motifs is 1. The number of thiazole rings is 1. The van der Waals surface area contributed by atoms with Crippen molar-refractivity contribution in [2.75, 3.05) is 25.1 Å². The van der Waals surface area contributed by atoms with Gasteiger partial charge in [-0.05, 0) is 19.1 Å². The third-order valence-corrected chi connectivity index (χ3v) is 3.85. The fourth-order valence-corrected chi connectivity index (χ4v) is 2.77. The van der Waals surface area contributed by atoms with Crippen molar-refractivity contribution in [1.29, 1.82) is 0 Å². The van der Waals surface area contributed by atoms with Crippen molar-refractivity contribution >= 4 is 32.7 Å². The van der Waals surface area contributed by atoms with E-state index in [1.54, 1.807) is 11.3 Å². The van der Waals surface area contributed by atoms with Gasteiger partial charge in [0.15, 0.2) is 5.13 Å². The van der Waals surface area contributed by atoms with Gasteiger partial charge in [0, 0.05) is 13.1 Å². The summed E-state index contributed by atoms with van der Waals surface area (Å²) in [5, 5.41) is 0.961. The molecule has 2 aromatic rings. The SMILES string of the molecule is CCN(CCC(=O)OC)c1nc2ccccc2s1. The molecule has 1 aromatic heterocycles. The predicted molar refractivity (Wildman–Crippen MR) is 74.1 cm³/mol. The molecule has 0 aliphatic heterocycles. The standard InChI is InChI=1S/C13H16N2O2S/c1-3-15(9-8-12(16)17-2)13-14-10-6-4-5-7-11(10)18-13/h4-7H,3,8-9H2,1-2H3. The van der Waals surface area contributed by atoms with Gasteiger partial charge in [-0.1, -0.05) is 23.5 Å². The van der Waals surface area contributed by atoms with Crippen LogP contribution in [0.3, 0.4) is 0 Å². The molecule has 0 spiro atoms. The second-order valence-electron chi connectivity index (χ2n) is 3.87. The number of esters is 1. The topological polar surface area (TPSA) is 42.4 Å². The van der Waals surface area contributed by atoms with Gasteiger partial charge in [0.1, 0.15) is 0 Å². The van der Waals surface area contributed by atoms with Crippen LogP contribution in [0.1, 0.15) is 13.3 Å². The normalized spacial score (nSPS) is 10.6. The third kappa shape index (κ3) is 2.79. The van der Waals surface area contributed by atoms with E-state index >= 15 is 0 Å². The summed E-state index contributed by atoms with van der Waals surface area (Å²) in [4.78, 5) is 17.8. The molecular weight excluding hydrogens is 248 g/mol. The van der Waals surface area contributed by atoms with Crippen molar-refractivity contribution in [1.82, 2.24) is 4.98 Å². The van der Waals surface area contributed by atoms with Gasteiger partial charge in [-0.15, -0.1) is 0 Å². The molecule has 0 N–H and O–H groups in total. The summed E-state index contributed by atoms with van der Waals surface area (Å²) in [7, 11) is 1.41. The Morgan fingerprint density at radius 1 is 1.44 bits per heavy atom. The summed E-state index contributed by atoms with van der Waals surface area (Å²) in [5.74, 6) is -0.186. The van der Waals surface area contributed by atoms with Crippen LogP contribution < -0.4 is 4.90 Å². The summed E-state index contributed by atoms with van der Waals surface area (Å²) in [6.07, 6.45) is 0.389. The van der Waals surface area contributed by atoms with Crippen LogP contribution in [-0.4, -0.2) is 31.2 Å². The molecule has 0 unspecified atom stereocenters. The van der Waals surface area contributed by atoms with E-state index in [1.807, 2.05) is 18.2 Å². The molecule has 0 saturated carbocycles. The van der Waals surface area contributed by atoms with Gasteiger partial charge in [-0.2, -0.15) is 0 Å². The largest absolute Gasteiger partial charge is 0.469 e. The Labute approximate surface area is 110 Å². The quantitative estimate of drug-likeness (QED) is 0.779. The van der Waals surface area contributed by atoms with E-state index in [9.17, 15) is 4.79 Å². The van der Waals surface area contributed by atoms with Crippen LogP contribution in [0, 0.1) is 0 Å². The van der Waals surface area contributed by atoms with Crippen LogP contribution in [0.15, 0.2) is 24.3 Å². The lowest BCUT2D eigenvalue weighted by molar-refractivity contribution is -0.140. The first kappa shape index (κ1) is 12.8. The van der Waals surface area contributed by atoms with E-state index in [2.05, 4.69) is 27.6 Å². The maximum absolute atomic E-state index is 11.2. The lowest BCUT2D eigenvalue weighted by atomic mass is 10.3. The highest BCUT2D eigenvalue weighted by Crippen LogP contribution is 2.28. The van der Waals surface area contributed by atoms with E-state index in [-0.39, 0.29) is 5.97 Å². The molecule has 1 heterocycles. The Morgan fingerprint density at radius 2 is 2.22 bits per heavy atom. The van der Waals surface area contributed by atoms with Gasteiger partial charge in [0.2, 0.25) is 0 Å². The van der Waals surface area contributed by atoms with E-state index in [4.69, 9.17) is 0 Å². The number of methoxy groups -OCH3 is 1. The lowest BCUT2D eigenvalue weighted by Gasteiger charge is -2.18. The third-order valence-electron chi connectivity index (χ3n) is 2.75. The molecule has 1 aromatic carbocycles. The maximum Gasteiger partial charge on any atom is 0.307 e. The van der Waals surface area contributed by atoms with Crippen LogP contribution in [0.25, 0.3) is 10.2 Å². The van der Waals surface area contributed by atoms with Crippen molar-refractivity contribution in [3.8, 4) is 0 Å². The molecule has 0 bridgehead atoms. The number of aromatic nitrogens is 1. The molecule has 0 fully saturated rings. The summed E-state index contributed by atoms with van der Waals surface area (Å²) in [5.41, 5.74) is 1.01. The molecule has 0 aliphatic rings. The predicted octanol–water partition coefficient (Wildman–Crippen LogP) is 2.69. The highest BCUT2D eigenvalue weighted by atomic mass is 32.1. The molecule has 0 atom stereocenters. The number of benzene rings is 1. The Hall–Kier alpha value is -1.62. The first-order valence-corrected chi connectivity index (χ1v) is 6.73. The van der Waals surface area contributed by atoms with Gasteiger partial charge >= 0.3 is 5.97 Å². The molecule has 0 amide bonds. The van der Waals surface area contributed by atoms with Crippen LogP contribution in [0.2, 0.25) is 0 Å². The number of hydrogen-bond acceptors (Lipinski definition) is 5. The zero-order chi connectivity index (χ0) is 13.0. The number of nitrogens with zero attached hydrogens (tertiary/aromatic N) is 2. The maximum atomic E-state index is 11.2. The fraction of sp³-hybridized carbons (Fsp3) is 0.385. The minimum Gasteiger partial charge on any atom is -0.469 e. The Kier molecular flexibility index (Phi) is 4.15. The average Bonchev–Trinajstić information content (AvgIpc) is 2.82. The number of carbonyl (C=O) groups is 1. The molecule has 4 nitrogen and oxygen atoms in total. The van der Waals surface area contributed by atoms with Crippen LogP contribution in [-0.2, 0) is 9.53 Å². The number of para-hydroxylation sites is 1. The second-order valence-corrected chi connectivity index (χ2v) is 4.88. The molecule has 0 aliphatic carbocycles. The first-order chi connectivity index (χ1) is 8.74. The summed E-state index contributed by atoms with van der Waals surface area (Å²) >= 11 is 1.65. The first-order valence-electron chi connectivity index (χ1n) is 5.92. The van der Waals surface area contributed by atoms with Crippen LogP contribution in [0.5, 0.6) is 0 Å². The van der Waals surface area contributed by atoms with Gasteiger partial charge in [-0.3, -0.25) is 4.79 Å². The molecule has 18 heavy (non-hydrogen) atoms. The fourth-order valence-electron chi connectivity index (χ4n) is 1.71. The summed E-state index contributed by atoms with van der Waals surface area (Å²) < 4.78 is 5.83. The van der Waals surface area contributed by atoms with Gasteiger partial charge < -0.3 is 9.64 Å². The van der Waals surface area contributed by atoms with Crippen molar-refractivity contribution < 1.29 is 9.53 Å². The number of hydrogen-bond donors (Lipinski definition) is 0. The highest BCUT2D eigenvalue weighted by Gasteiger charge is 2.12. The number of carbonyl (C=O) groups excluding carboxylic acids is 1. The Morgan fingerprint density at radius 3 is 2.89 bits per heavy atom. The van der Waals surface area contributed by atoms with Crippen LogP contribution in [0.4, 0.5) is 5.13 Å². The van der Waals surface area contributed by atoms with Crippen LogP contribution >= 0.6 is 11.3 Å².